The number of fused-ring (bicyclic) bond motifs is 1. The van der Waals surface area contributed by atoms with Crippen LogP contribution in [0.5, 0.6) is 0 Å². The molecule has 1 aromatic carbocycles. The van der Waals surface area contributed by atoms with Crippen molar-refractivity contribution >= 4 is 40.3 Å². The molecule has 0 saturated carbocycles. The molecule has 1 aliphatic heterocycles. The molecule has 0 bridgehead atoms. The Morgan fingerprint density at radius 1 is 1.17 bits per heavy atom. The summed E-state index contributed by atoms with van der Waals surface area (Å²) in [6.45, 7) is 3.84. The van der Waals surface area contributed by atoms with Crippen LogP contribution in [0.25, 0.3) is 11.1 Å². The molecule has 0 unspecified atom stereocenters. The van der Waals surface area contributed by atoms with Crippen molar-refractivity contribution in [3.8, 4) is 0 Å². The SMILES string of the molecule is CN1CCN(c2nc3cc(Cl)cc(Cl)c3o2)CC1. The van der Waals surface area contributed by atoms with Gasteiger partial charge in [-0.2, -0.15) is 4.98 Å². The van der Waals surface area contributed by atoms with Gasteiger partial charge in [0, 0.05) is 31.2 Å². The number of hydrogen-bond donors (Lipinski definition) is 0. The summed E-state index contributed by atoms with van der Waals surface area (Å²) in [6.07, 6.45) is 0. The van der Waals surface area contributed by atoms with Crippen LogP contribution in [0, 0.1) is 0 Å². The zero-order chi connectivity index (χ0) is 12.7. The maximum atomic E-state index is 6.09. The van der Waals surface area contributed by atoms with E-state index in [4.69, 9.17) is 27.6 Å². The highest BCUT2D eigenvalue weighted by Gasteiger charge is 2.20. The van der Waals surface area contributed by atoms with Gasteiger partial charge in [0.05, 0.1) is 5.02 Å². The molecule has 1 saturated heterocycles. The van der Waals surface area contributed by atoms with E-state index in [2.05, 4.69) is 21.8 Å². The topological polar surface area (TPSA) is 32.5 Å². The third-order valence-electron chi connectivity index (χ3n) is 3.17. The minimum absolute atomic E-state index is 0.505. The molecule has 0 spiro atoms. The van der Waals surface area contributed by atoms with E-state index in [-0.39, 0.29) is 0 Å². The van der Waals surface area contributed by atoms with Crippen LogP contribution in [0.1, 0.15) is 0 Å². The summed E-state index contributed by atoms with van der Waals surface area (Å²) in [5, 5.41) is 1.08. The molecule has 0 atom stereocenters. The summed E-state index contributed by atoms with van der Waals surface area (Å²) < 4.78 is 5.73. The van der Waals surface area contributed by atoms with Crippen molar-refractivity contribution in [2.24, 2.45) is 0 Å². The molecule has 96 valence electrons. The van der Waals surface area contributed by atoms with Gasteiger partial charge in [-0.3, -0.25) is 0 Å². The highest BCUT2D eigenvalue weighted by molar-refractivity contribution is 6.38. The number of halogens is 2. The molecule has 18 heavy (non-hydrogen) atoms. The number of aromatic nitrogens is 1. The van der Waals surface area contributed by atoms with Crippen LogP contribution in [-0.2, 0) is 0 Å². The van der Waals surface area contributed by atoms with Crippen LogP contribution in [0.3, 0.4) is 0 Å². The molecule has 2 heterocycles. The summed E-state index contributed by atoms with van der Waals surface area (Å²) in [6, 6.07) is 4.07. The summed E-state index contributed by atoms with van der Waals surface area (Å²) in [5.41, 5.74) is 1.32. The number of hydrogen-bond acceptors (Lipinski definition) is 4. The Hall–Kier alpha value is -0.970. The van der Waals surface area contributed by atoms with Crippen molar-refractivity contribution in [1.29, 1.82) is 0 Å². The fourth-order valence-electron chi connectivity index (χ4n) is 2.08. The molecule has 1 aliphatic rings. The Morgan fingerprint density at radius 2 is 1.89 bits per heavy atom. The third kappa shape index (κ3) is 2.16. The number of nitrogens with zero attached hydrogens (tertiary/aromatic N) is 3. The van der Waals surface area contributed by atoms with Crippen LogP contribution >= 0.6 is 23.2 Å². The predicted octanol–water partition coefficient (Wildman–Crippen LogP) is 2.89. The standard InChI is InChI=1S/C12H13Cl2N3O/c1-16-2-4-17(5-3-16)12-15-10-7-8(13)6-9(14)11(10)18-12/h6-7H,2-5H2,1H3. The van der Waals surface area contributed by atoms with E-state index in [0.717, 1.165) is 26.2 Å². The van der Waals surface area contributed by atoms with Gasteiger partial charge in [0.15, 0.2) is 5.58 Å². The van der Waals surface area contributed by atoms with Gasteiger partial charge in [-0.25, -0.2) is 0 Å². The van der Waals surface area contributed by atoms with E-state index in [1.807, 2.05) is 0 Å². The number of rotatable bonds is 1. The number of benzene rings is 1. The van der Waals surface area contributed by atoms with Crippen molar-refractivity contribution in [2.45, 2.75) is 0 Å². The monoisotopic (exact) mass is 285 g/mol. The molecule has 6 heteroatoms. The highest BCUT2D eigenvalue weighted by Crippen LogP contribution is 2.31. The van der Waals surface area contributed by atoms with Crippen molar-refractivity contribution in [3.63, 3.8) is 0 Å². The average molecular weight is 286 g/mol. The molecule has 0 amide bonds. The van der Waals surface area contributed by atoms with Crippen molar-refractivity contribution in [3.05, 3.63) is 22.2 Å². The molecule has 1 fully saturated rings. The zero-order valence-corrected chi connectivity index (χ0v) is 11.5. The molecule has 0 N–H and O–H groups in total. The molecule has 1 aromatic heterocycles. The average Bonchev–Trinajstić information content (AvgIpc) is 2.74. The Bertz CT molecular complexity index is 576. The third-order valence-corrected chi connectivity index (χ3v) is 3.67. The summed E-state index contributed by atoms with van der Waals surface area (Å²) in [5.74, 6) is 0. The van der Waals surface area contributed by atoms with Gasteiger partial charge in [0.1, 0.15) is 5.52 Å². The van der Waals surface area contributed by atoms with Gasteiger partial charge >= 0.3 is 0 Å². The van der Waals surface area contributed by atoms with Gasteiger partial charge in [-0.05, 0) is 19.2 Å². The molecular weight excluding hydrogens is 273 g/mol. The first-order chi connectivity index (χ1) is 8.63. The highest BCUT2D eigenvalue weighted by atomic mass is 35.5. The fraction of sp³-hybridized carbons (Fsp3) is 0.417. The normalized spacial score (nSPS) is 17.6. The molecule has 3 rings (SSSR count). The molecular formula is C12H13Cl2N3O. The van der Waals surface area contributed by atoms with E-state index in [1.165, 1.54) is 0 Å². The Kier molecular flexibility index (Phi) is 3.09. The largest absolute Gasteiger partial charge is 0.422 e. The molecule has 0 radical (unpaired) electrons. The van der Waals surface area contributed by atoms with Gasteiger partial charge < -0.3 is 14.2 Å². The first-order valence-corrected chi connectivity index (χ1v) is 6.58. The first kappa shape index (κ1) is 12.1. The van der Waals surface area contributed by atoms with Gasteiger partial charge in [-0.1, -0.05) is 23.2 Å². The summed E-state index contributed by atoms with van der Waals surface area (Å²) in [4.78, 5) is 8.86. The van der Waals surface area contributed by atoms with Gasteiger partial charge in [0.25, 0.3) is 6.01 Å². The van der Waals surface area contributed by atoms with Crippen LogP contribution in [0.2, 0.25) is 10.0 Å². The second-order valence-corrected chi connectivity index (χ2v) is 5.37. The van der Waals surface area contributed by atoms with Crippen molar-refractivity contribution in [1.82, 2.24) is 9.88 Å². The summed E-state index contributed by atoms with van der Waals surface area (Å²) >= 11 is 12.0. The van der Waals surface area contributed by atoms with E-state index in [1.54, 1.807) is 12.1 Å². The summed E-state index contributed by atoms with van der Waals surface area (Å²) in [7, 11) is 2.11. The number of oxazole rings is 1. The van der Waals surface area contributed by atoms with Crippen LogP contribution < -0.4 is 4.90 Å². The number of anilines is 1. The second-order valence-electron chi connectivity index (χ2n) is 4.52. The Balaban J connectivity index is 1.96. The fourth-order valence-corrected chi connectivity index (χ4v) is 2.60. The van der Waals surface area contributed by atoms with E-state index in [0.29, 0.717) is 27.2 Å². The Labute approximate surface area is 115 Å². The molecule has 4 nitrogen and oxygen atoms in total. The van der Waals surface area contributed by atoms with Gasteiger partial charge in [-0.15, -0.1) is 0 Å². The lowest BCUT2D eigenvalue weighted by molar-refractivity contribution is 0.305. The van der Waals surface area contributed by atoms with E-state index >= 15 is 0 Å². The smallest absolute Gasteiger partial charge is 0.298 e. The molecule has 0 aliphatic carbocycles. The number of likely N-dealkylation sites (N-methyl/N-ethyl adjacent to an activating group) is 1. The zero-order valence-electron chi connectivity index (χ0n) is 9.99. The van der Waals surface area contributed by atoms with Crippen LogP contribution in [-0.4, -0.2) is 43.1 Å². The Morgan fingerprint density at radius 3 is 2.61 bits per heavy atom. The lowest BCUT2D eigenvalue weighted by Crippen LogP contribution is -2.44. The minimum atomic E-state index is 0.505. The van der Waals surface area contributed by atoms with Crippen LogP contribution in [0.4, 0.5) is 6.01 Å². The van der Waals surface area contributed by atoms with E-state index < -0.39 is 0 Å². The predicted molar refractivity (Wildman–Crippen MR) is 73.7 cm³/mol. The second kappa shape index (κ2) is 4.61. The van der Waals surface area contributed by atoms with E-state index in [9.17, 15) is 0 Å². The van der Waals surface area contributed by atoms with Gasteiger partial charge in [0.2, 0.25) is 0 Å². The van der Waals surface area contributed by atoms with Crippen molar-refractivity contribution < 1.29 is 4.42 Å². The lowest BCUT2D eigenvalue weighted by Gasteiger charge is -2.31. The quantitative estimate of drug-likeness (QED) is 0.807. The maximum absolute atomic E-state index is 6.09. The minimum Gasteiger partial charge on any atom is -0.422 e. The maximum Gasteiger partial charge on any atom is 0.298 e. The lowest BCUT2D eigenvalue weighted by atomic mass is 10.3. The van der Waals surface area contributed by atoms with Crippen LogP contribution in [0.15, 0.2) is 16.5 Å². The molecule has 2 aromatic rings. The number of piperazine rings is 1. The van der Waals surface area contributed by atoms with Crippen molar-refractivity contribution in [2.75, 3.05) is 38.1 Å². The first-order valence-electron chi connectivity index (χ1n) is 5.82.